The molecule has 1 fully saturated rings. The molecule has 0 bridgehead atoms. The lowest BCUT2D eigenvalue weighted by molar-refractivity contribution is -0.385. The predicted molar refractivity (Wildman–Crippen MR) is 196 cm³/mol. The number of nitro groups is 1. The molecule has 0 aliphatic carbocycles. The Morgan fingerprint density at radius 2 is 1.48 bits per heavy atom. The average Bonchev–Trinajstić information content (AvgIpc) is 3.40. The van der Waals surface area contributed by atoms with Crippen molar-refractivity contribution >= 4 is 51.2 Å². The van der Waals surface area contributed by atoms with Gasteiger partial charge in [0.1, 0.15) is 22.0 Å². The summed E-state index contributed by atoms with van der Waals surface area (Å²) in [5, 5.41) is 11.8. The van der Waals surface area contributed by atoms with Crippen molar-refractivity contribution in [3.05, 3.63) is 99.1 Å². The van der Waals surface area contributed by atoms with Crippen LogP contribution in [0.5, 0.6) is 11.5 Å². The molecule has 1 saturated heterocycles. The average molecular weight is 827 g/mol. The maximum absolute atomic E-state index is 13.7. The Morgan fingerprint density at radius 1 is 0.845 bits per heavy atom. The topological polar surface area (TPSA) is 248 Å². The second-order valence-electron chi connectivity index (χ2n) is 13.0. The molecule has 3 aromatic carbocycles. The maximum atomic E-state index is 13.7. The molecule has 0 aromatic heterocycles. The Labute approximate surface area is 331 Å². The van der Waals surface area contributed by atoms with Crippen LogP contribution in [0.1, 0.15) is 65.6 Å². The number of hydrogen-bond acceptors (Lipinski definition) is 17. The van der Waals surface area contributed by atoms with Crippen molar-refractivity contribution in [1.29, 1.82) is 0 Å². The van der Waals surface area contributed by atoms with Gasteiger partial charge >= 0.3 is 23.9 Å². The van der Waals surface area contributed by atoms with Gasteiger partial charge in [-0.05, 0) is 36.2 Å². The summed E-state index contributed by atoms with van der Waals surface area (Å²) in [6.07, 6.45) is -7.89. The van der Waals surface area contributed by atoms with Crippen molar-refractivity contribution < 1.29 is 75.3 Å². The molecule has 2 aliphatic rings. The van der Waals surface area contributed by atoms with Gasteiger partial charge in [-0.1, -0.05) is 42.5 Å². The van der Waals surface area contributed by atoms with E-state index in [1.54, 1.807) is 37.3 Å². The highest BCUT2D eigenvalue weighted by Gasteiger charge is 2.56. The highest BCUT2D eigenvalue weighted by Crippen LogP contribution is 2.40. The predicted octanol–water partition coefficient (Wildman–Crippen LogP) is 3.02. The van der Waals surface area contributed by atoms with Crippen LogP contribution in [-0.4, -0.2) is 103 Å². The molecule has 20 heteroatoms. The molecule has 1 unspecified atom stereocenters. The minimum Gasteiger partial charge on any atom is -0.490 e. The molecule has 2 heterocycles. The van der Waals surface area contributed by atoms with Crippen molar-refractivity contribution in [3.63, 3.8) is 0 Å². The molecule has 19 nitrogen and oxygen atoms in total. The number of carbonyl (C=O) groups excluding carboxylic acids is 6. The molecule has 0 spiro atoms. The zero-order valence-electron chi connectivity index (χ0n) is 31.7. The molecule has 58 heavy (non-hydrogen) atoms. The van der Waals surface area contributed by atoms with Crippen molar-refractivity contribution in [2.75, 3.05) is 18.6 Å². The minimum atomic E-state index is -3.95. The van der Waals surface area contributed by atoms with E-state index in [-0.39, 0.29) is 35.8 Å². The molecule has 3 aromatic rings. The number of imide groups is 1. The number of sulfone groups is 1. The van der Waals surface area contributed by atoms with Crippen LogP contribution in [0.4, 0.5) is 5.69 Å². The third-order valence-corrected chi connectivity index (χ3v) is 9.57. The Balaban J connectivity index is 1.56. The van der Waals surface area contributed by atoms with Gasteiger partial charge in [0, 0.05) is 33.1 Å². The van der Waals surface area contributed by atoms with Crippen LogP contribution in [0.25, 0.3) is 0 Å². The van der Waals surface area contributed by atoms with Crippen molar-refractivity contribution in [2.24, 2.45) is 0 Å². The van der Waals surface area contributed by atoms with Crippen molar-refractivity contribution in [1.82, 2.24) is 4.90 Å². The van der Waals surface area contributed by atoms with Crippen LogP contribution < -0.4 is 9.47 Å². The Hall–Kier alpha value is -6.41. The first kappa shape index (κ1) is 42.7. The van der Waals surface area contributed by atoms with Gasteiger partial charge in [-0.3, -0.25) is 39.0 Å². The molecule has 2 amide bonds. The summed E-state index contributed by atoms with van der Waals surface area (Å²) in [6, 6.07) is 14.3. The Bertz CT molecular complexity index is 2230. The van der Waals surface area contributed by atoms with Crippen LogP contribution in [0, 0.1) is 10.1 Å². The first-order valence-corrected chi connectivity index (χ1v) is 19.6. The summed E-state index contributed by atoms with van der Waals surface area (Å²) in [6.45, 7) is 4.39. The summed E-state index contributed by atoms with van der Waals surface area (Å²) in [7, 11) is -3.95. The first-order valence-electron chi connectivity index (χ1n) is 17.5. The molecule has 0 N–H and O–H groups in total. The number of amides is 2. The second kappa shape index (κ2) is 17.8. The molecule has 2 aliphatic heterocycles. The number of nitro benzene ring substituents is 1. The first-order chi connectivity index (χ1) is 27.4. The van der Waals surface area contributed by atoms with Gasteiger partial charge in [-0.2, -0.15) is 0 Å². The van der Waals surface area contributed by atoms with Crippen LogP contribution >= 0.6 is 0 Å². The SMILES string of the molecule is CCOc1cc(C(CS(C)(=O)=O)N2C(=O)c3cccc([N+](=O)[O-])c3C2=O)ccc1O[C@@H]1O[C@H](C(=O)OCc2ccccc2)[C@@H](OC(C)=O)[C@H](OC(C)=O)[C@H]1OC(C)=O. The number of fused-ring (bicyclic) bond motifs is 1. The van der Waals surface area contributed by atoms with Gasteiger partial charge < -0.3 is 33.2 Å². The fraction of sp³-hybridized carbons (Fsp3) is 0.368. The van der Waals surface area contributed by atoms with Gasteiger partial charge in [0.25, 0.3) is 17.5 Å². The fourth-order valence-corrected chi connectivity index (χ4v) is 7.33. The van der Waals surface area contributed by atoms with E-state index in [2.05, 4.69) is 0 Å². The standard InChI is InChI=1S/C38H38N2O17S/c1-6-51-29-17-24(27(19-58(5,49)50)39-35(44)25-13-10-14-26(40(47)48)30(25)36(39)45)15-16-28(29)56-38-34(55-22(4)43)32(54-21(3)42)31(53-20(2)41)33(57-38)37(46)52-18-23-11-8-7-9-12-23/h7-17,27,31-34,38H,6,18-19H2,1-5H3/t27?,31-,32-,33-,34+,38+/m0/s1. The van der Waals surface area contributed by atoms with E-state index in [1.165, 1.54) is 30.3 Å². The van der Waals surface area contributed by atoms with E-state index in [0.29, 0.717) is 10.5 Å². The lowest BCUT2D eigenvalue weighted by Crippen LogP contribution is -2.64. The van der Waals surface area contributed by atoms with E-state index in [1.807, 2.05) is 0 Å². The number of nitrogens with zero attached hydrogens (tertiary/aromatic N) is 2. The molecule has 5 rings (SSSR count). The van der Waals surface area contributed by atoms with Gasteiger partial charge in [0.15, 0.2) is 29.8 Å². The smallest absolute Gasteiger partial charge is 0.339 e. The van der Waals surface area contributed by atoms with Gasteiger partial charge in [0.05, 0.1) is 28.9 Å². The summed E-state index contributed by atoms with van der Waals surface area (Å²) >= 11 is 0. The monoisotopic (exact) mass is 826 g/mol. The van der Waals surface area contributed by atoms with Crippen LogP contribution in [0.3, 0.4) is 0 Å². The van der Waals surface area contributed by atoms with E-state index in [9.17, 15) is 47.3 Å². The van der Waals surface area contributed by atoms with Gasteiger partial charge in [0.2, 0.25) is 12.4 Å². The fourth-order valence-electron chi connectivity index (χ4n) is 6.42. The largest absolute Gasteiger partial charge is 0.490 e. The third-order valence-electron chi connectivity index (χ3n) is 8.65. The number of benzene rings is 3. The van der Waals surface area contributed by atoms with Gasteiger partial charge in [-0.15, -0.1) is 0 Å². The summed E-state index contributed by atoms with van der Waals surface area (Å²) in [5.74, 6) is -7.03. The quantitative estimate of drug-likeness (QED) is 0.0702. The number of carbonyl (C=O) groups is 6. The highest BCUT2D eigenvalue weighted by atomic mass is 32.2. The van der Waals surface area contributed by atoms with Crippen molar-refractivity contribution in [3.8, 4) is 11.5 Å². The normalized spacial score (nSPS) is 20.6. The van der Waals surface area contributed by atoms with E-state index in [4.69, 9.17) is 33.2 Å². The highest BCUT2D eigenvalue weighted by molar-refractivity contribution is 7.90. The second-order valence-corrected chi connectivity index (χ2v) is 15.2. The van der Waals surface area contributed by atoms with E-state index >= 15 is 0 Å². The Kier molecular flexibility index (Phi) is 13.1. The van der Waals surface area contributed by atoms with Crippen LogP contribution in [-0.2, 0) is 59.3 Å². The molecule has 308 valence electrons. The van der Waals surface area contributed by atoms with E-state index < -0.39 is 104 Å². The summed E-state index contributed by atoms with van der Waals surface area (Å²) in [4.78, 5) is 89.6. The van der Waals surface area contributed by atoms with Crippen molar-refractivity contribution in [2.45, 2.75) is 71.0 Å². The molecular formula is C38H38N2O17S. The Morgan fingerprint density at radius 3 is 2.09 bits per heavy atom. The van der Waals surface area contributed by atoms with Crippen LogP contribution in [0.15, 0.2) is 66.7 Å². The number of esters is 4. The summed E-state index contributed by atoms with van der Waals surface area (Å²) < 4.78 is 65.2. The van der Waals surface area contributed by atoms with Crippen LogP contribution in [0.2, 0.25) is 0 Å². The van der Waals surface area contributed by atoms with Gasteiger partial charge in [-0.25, -0.2) is 13.2 Å². The molecular weight excluding hydrogens is 788 g/mol. The molecule has 0 saturated carbocycles. The number of ether oxygens (including phenoxy) is 7. The summed E-state index contributed by atoms with van der Waals surface area (Å²) in [5.41, 5.74) is -0.823. The lowest BCUT2D eigenvalue weighted by Gasteiger charge is -2.43. The van der Waals surface area contributed by atoms with E-state index in [0.717, 1.165) is 33.1 Å². The maximum Gasteiger partial charge on any atom is 0.339 e. The zero-order chi connectivity index (χ0) is 42.5. The minimum absolute atomic E-state index is 0.0227. The number of hydrogen-bond donors (Lipinski definition) is 0. The molecule has 0 radical (unpaired) electrons. The zero-order valence-corrected chi connectivity index (χ0v) is 32.5. The number of rotatable bonds is 15. The molecule has 6 atom stereocenters. The third kappa shape index (κ3) is 9.75. The lowest BCUT2D eigenvalue weighted by atomic mass is 9.97.